The molecule has 4 rings (SSSR count). The van der Waals surface area contributed by atoms with Crippen LogP contribution in [-0.4, -0.2) is 31.7 Å². The van der Waals surface area contributed by atoms with Crippen molar-refractivity contribution in [1.82, 2.24) is 5.32 Å². The standard InChI is InChI=1S/C21H20ClF3N2O3S/c1-10-4-12-6-14(9-18(10)26-12)31(29,30)19-5-11(2-3-15(19)22)21(28)27-13-7-16(23)20(25)17(24)8-13/h2-3,5,7-8,10,12,14,18,26H,4,6,9H2,1H3,(H,27,28)/t10-,12?,14?,18?/m0/s1. The Labute approximate surface area is 182 Å². The van der Waals surface area contributed by atoms with E-state index < -0.39 is 38.4 Å². The molecule has 2 aromatic rings. The molecule has 0 aliphatic carbocycles. The van der Waals surface area contributed by atoms with Gasteiger partial charge in [0.15, 0.2) is 27.3 Å². The van der Waals surface area contributed by atoms with Crippen molar-refractivity contribution in [3.8, 4) is 0 Å². The molecule has 0 saturated carbocycles. The number of halogens is 4. The number of carbonyl (C=O) groups excluding carboxylic acids is 1. The van der Waals surface area contributed by atoms with Crippen LogP contribution in [0.15, 0.2) is 35.2 Å². The van der Waals surface area contributed by atoms with Crippen molar-refractivity contribution in [3.63, 3.8) is 0 Å². The van der Waals surface area contributed by atoms with Crippen molar-refractivity contribution >= 4 is 33.0 Å². The molecule has 2 saturated heterocycles. The Hall–Kier alpha value is -2.10. The first-order valence-corrected chi connectivity index (χ1v) is 11.7. The Morgan fingerprint density at radius 1 is 1.10 bits per heavy atom. The molecular weight excluding hydrogens is 453 g/mol. The number of amides is 1. The fraction of sp³-hybridized carbons (Fsp3) is 0.381. The highest BCUT2D eigenvalue weighted by molar-refractivity contribution is 7.92. The van der Waals surface area contributed by atoms with Gasteiger partial charge in [-0.3, -0.25) is 4.79 Å². The fourth-order valence-corrected chi connectivity index (χ4v) is 6.81. The number of hydrogen-bond donors (Lipinski definition) is 2. The van der Waals surface area contributed by atoms with Gasteiger partial charge in [-0.15, -0.1) is 0 Å². The quantitative estimate of drug-likeness (QED) is 0.650. The summed E-state index contributed by atoms with van der Waals surface area (Å²) >= 11 is 6.17. The summed E-state index contributed by atoms with van der Waals surface area (Å²) in [5.41, 5.74) is -0.358. The molecule has 0 aromatic heterocycles. The van der Waals surface area contributed by atoms with E-state index in [0.717, 1.165) is 12.5 Å². The second-order valence-electron chi connectivity index (χ2n) is 8.17. The van der Waals surface area contributed by atoms with Gasteiger partial charge >= 0.3 is 0 Å². The monoisotopic (exact) mass is 472 g/mol. The van der Waals surface area contributed by atoms with Crippen LogP contribution >= 0.6 is 11.6 Å². The molecule has 2 heterocycles. The molecule has 31 heavy (non-hydrogen) atoms. The van der Waals surface area contributed by atoms with Gasteiger partial charge in [-0.1, -0.05) is 18.5 Å². The molecule has 10 heteroatoms. The lowest BCUT2D eigenvalue weighted by Crippen LogP contribution is -2.44. The highest BCUT2D eigenvalue weighted by atomic mass is 35.5. The van der Waals surface area contributed by atoms with Gasteiger partial charge in [0.25, 0.3) is 5.91 Å². The van der Waals surface area contributed by atoms with E-state index in [-0.39, 0.29) is 33.3 Å². The summed E-state index contributed by atoms with van der Waals surface area (Å²) in [6.45, 7) is 2.09. The number of anilines is 1. The molecule has 166 valence electrons. The van der Waals surface area contributed by atoms with Crippen LogP contribution in [-0.2, 0) is 9.84 Å². The Bertz CT molecular complexity index is 1130. The van der Waals surface area contributed by atoms with Crippen molar-refractivity contribution in [2.45, 2.75) is 48.4 Å². The van der Waals surface area contributed by atoms with Gasteiger partial charge in [0.05, 0.1) is 15.2 Å². The van der Waals surface area contributed by atoms with E-state index in [1.165, 1.54) is 12.1 Å². The van der Waals surface area contributed by atoms with Crippen molar-refractivity contribution < 1.29 is 26.4 Å². The van der Waals surface area contributed by atoms with Gasteiger partial charge in [0, 0.05) is 35.5 Å². The molecule has 2 aromatic carbocycles. The maximum Gasteiger partial charge on any atom is 0.255 e. The third-order valence-corrected chi connectivity index (χ3v) is 8.69. The third kappa shape index (κ3) is 4.18. The zero-order valence-electron chi connectivity index (χ0n) is 16.5. The van der Waals surface area contributed by atoms with Crippen LogP contribution in [0.2, 0.25) is 5.02 Å². The van der Waals surface area contributed by atoms with Crippen LogP contribution in [0.5, 0.6) is 0 Å². The van der Waals surface area contributed by atoms with Crippen molar-refractivity contribution in [2.24, 2.45) is 5.92 Å². The van der Waals surface area contributed by atoms with Gasteiger partial charge < -0.3 is 10.6 Å². The van der Waals surface area contributed by atoms with Gasteiger partial charge in [0.2, 0.25) is 0 Å². The van der Waals surface area contributed by atoms with E-state index in [4.69, 9.17) is 11.6 Å². The number of benzene rings is 2. The second kappa shape index (κ2) is 8.11. The summed E-state index contributed by atoms with van der Waals surface area (Å²) in [7, 11) is -3.81. The first-order valence-electron chi connectivity index (χ1n) is 9.81. The molecule has 3 unspecified atom stereocenters. The highest BCUT2D eigenvalue weighted by Gasteiger charge is 2.43. The van der Waals surface area contributed by atoms with E-state index in [2.05, 4.69) is 17.6 Å². The predicted molar refractivity (Wildman–Crippen MR) is 110 cm³/mol. The summed E-state index contributed by atoms with van der Waals surface area (Å²) in [6, 6.07) is 5.28. The molecule has 0 radical (unpaired) electrons. The zero-order chi connectivity index (χ0) is 22.5. The van der Waals surface area contributed by atoms with E-state index in [9.17, 15) is 26.4 Å². The third-order valence-electron chi connectivity index (χ3n) is 6.04. The molecule has 2 fully saturated rings. The summed E-state index contributed by atoms with van der Waals surface area (Å²) in [5.74, 6) is -4.98. The maximum absolute atomic E-state index is 13.4. The second-order valence-corrected chi connectivity index (χ2v) is 10.8. The Balaban J connectivity index is 1.60. The zero-order valence-corrected chi connectivity index (χ0v) is 18.0. The smallest absolute Gasteiger partial charge is 0.255 e. The number of rotatable bonds is 4. The molecule has 2 aliphatic rings. The predicted octanol–water partition coefficient (Wildman–Crippen LogP) is 4.31. The van der Waals surface area contributed by atoms with E-state index in [1.807, 2.05) is 0 Å². The topological polar surface area (TPSA) is 75.3 Å². The molecular formula is C21H20ClF3N2O3S. The summed E-state index contributed by atoms with van der Waals surface area (Å²) in [5, 5.41) is 5.04. The normalized spacial score (nSPS) is 25.5. The largest absolute Gasteiger partial charge is 0.322 e. The fourth-order valence-electron chi connectivity index (χ4n) is 4.44. The minimum absolute atomic E-state index is 0.00523. The lowest BCUT2D eigenvalue weighted by Gasteiger charge is -2.29. The maximum atomic E-state index is 13.4. The minimum Gasteiger partial charge on any atom is -0.322 e. The van der Waals surface area contributed by atoms with E-state index in [1.54, 1.807) is 0 Å². The average Bonchev–Trinajstić information content (AvgIpc) is 2.96. The van der Waals surface area contributed by atoms with Crippen LogP contribution < -0.4 is 10.6 Å². The van der Waals surface area contributed by atoms with Crippen LogP contribution in [0.25, 0.3) is 0 Å². The van der Waals surface area contributed by atoms with Gasteiger partial charge in [-0.05, 0) is 43.4 Å². The number of fused-ring (bicyclic) bond motifs is 2. The molecule has 2 aliphatic heterocycles. The van der Waals surface area contributed by atoms with Gasteiger partial charge in [-0.2, -0.15) is 0 Å². The lowest BCUT2D eigenvalue weighted by molar-refractivity contribution is 0.102. The first-order chi connectivity index (χ1) is 14.6. The number of nitrogens with one attached hydrogen (secondary N) is 2. The average molecular weight is 473 g/mol. The Kier molecular flexibility index (Phi) is 5.78. The number of carbonyl (C=O) groups is 1. The van der Waals surface area contributed by atoms with Gasteiger partial charge in [-0.25, -0.2) is 21.6 Å². The summed E-state index contributed by atoms with van der Waals surface area (Å²) in [4.78, 5) is 12.4. The molecule has 0 spiro atoms. The molecule has 1 amide bonds. The number of hydrogen-bond acceptors (Lipinski definition) is 4. The summed E-state index contributed by atoms with van der Waals surface area (Å²) < 4.78 is 66.5. The van der Waals surface area contributed by atoms with Crippen LogP contribution in [0.4, 0.5) is 18.9 Å². The SMILES string of the molecule is C[C@H]1CC2CC(S(=O)(=O)c3cc(C(=O)Nc4cc(F)c(F)c(F)c4)ccc3Cl)CC1N2. The molecule has 2 bridgehead atoms. The molecule has 2 N–H and O–H groups in total. The van der Waals surface area contributed by atoms with Crippen molar-refractivity contribution in [1.29, 1.82) is 0 Å². The van der Waals surface area contributed by atoms with Gasteiger partial charge in [0.1, 0.15) is 0 Å². The Morgan fingerprint density at radius 2 is 1.77 bits per heavy atom. The van der Waals surface area contributed by atoms with E-state index >= 15 is 0 Å². The molecule has 4 atom stereocenters. The summed E-state index contributed by atoms with van der Waals surface area (Å²) in [6.07, 6.45) is 1.84. The first kappa shape index (κ1) is 22.1. The highest BCUT2D eigenvalue weighted by Crippen LogP contribution is 2.38. The molecule has 5 nitrogen and oxygen atoms in total. The van der Waals surface area contributed by atoms with Crippen molar-refractivity contribution in [3.05, 3.63) is 58.4 Å². The van der Waals surface area contributed by atoms with Crippen molar-refractivity contribution in [2.75, 3.05) is 5.32 Å². The lowest BCUT2D eigenvalue weighted by atomic mass is 10.0. The Morgan fingerprint density at radius 3 is 2.42 bits per heavy atom. The number of sulfone groups is 1. The number of piperidine rings is 1. The van der Waals surface area contributed by atoms with E-state index in [0.29, 0.717) is 30.9 Å². The van der Waals surface area contributed by atoms with Crippen LogP contribution in [0, 0.1) is 23.4 Å². The minimum atomic E-state index is -3.81. The van der Waals surface area contributed by atoms with Crippen LogP contribution in [0.1, 0.15) is 36.5 Å². The van der Waals surface area contributed by atoms with Crippen LogP contribution in [0.3, 0.4) is 0 Å².